The minimum Gasteiger partial charge on any atom is -0.491 e. The second-order valence-electron chi connectivity index (χ2n) is 4.70. The van der Waals surface area contributed by atoms with Gasteiger partial charge >= 0.3 is 0 Å². The van der Waals surface area contributed by atoms with Gasteiger partial charge in [-0.25, -0.2) is 0 Å². The Morgan fingerprint density at radius 3 is 2.62 bits per heavy atom. The summed E-state index contributed by atoms with van der Waals surface area (Å²) >= 11 is 0. The topological polar surface area (TPSA) is 60.0 Å². The maximum absolute atomic E-state index is 10.3. The van der Waals surface area contributed by atoms with Crippen LogP contribution in [-0.4, -0.2) is 64.0 Å². The molecule has 1 amide bonds. The Labute approximate surface area is 125 Å². The summed E-state index contributed by atoms with van der Waals surface area (Å²) in [6.45, 7) is 6.35. The molecule has 2 rings (SSSR count). The minimum atomic E-state index is 0.517. The van der Waals surface area contributed by atoms with Crippen LogP contribution in [0.3, 0.4) is 0 Å². The number of rotatable bonds is 9. The highest BCUT2D eigenvalue weighted by molar-refractivity contribution is 5.71. The Morgan fingerprint density at radius 2 is 1.90 bits per heavy atom. The van der Waals surface area contributed by atoms with Crippen LogP contribution in [0.1, 0.15) is 0 Å². The van der Waals surface area contributed by atoms with Crippen molar-refractivity contribution in [2.75, 3.05) is 58.0 Å². The van der Waals surface area contributed by atoms with E-state index >= 15 is 0 Å². The summed E-state index contributed by atoms with van der Waals surface area (Å²) in [5.41, 5.74) is 0.749. The van der Waals surface area contributed by atoms with Gasteiger partial charge in [-0.05, 0) is 24.3 Å². The Morgan fingerprint density at radius 1 is 1.14 bits per heavy atom. The minimum absolute atomic E-state index is 0.517. The van der Waals surface area contributed by atoms with Crippen LogP contribution < -0.4 is 10.1 Å². The average Bonchev–Trinajstić information content (AvgIpc) is 2.53. The lowest BCUT2D eigenvalue weighted by Crippen LogP contribution is -2.38. The summed E-state index contributed by atoms with van der Waals surface area (Å²) in [5, 5.41) is 2.58. The van der Waals surface area contributed by atoms with E-state index in [9.17, 15) is 4.79 Å². The molecule has 1 aromatic carbocycles. The molecule has 0 aliphatic carbocycles. The smallest absolute Gasteiger partial charge is 0.211 e. The van der Waals surface area contributed by atoms with E-state index in [0.29, 0.717) is 26.2 Å². The van der Waals surface area contributed by atoms with Crippen LogP contribution in [0.4, 0.5) is 5.69 Å². The van der Waals surface area contributed by atoms with Crippen LogP contribution >= 0.6 is 0 Å². The number of nitrogens with zero attached hydrogens (tertiary/aromatic N) is 1. The fourth-order valence-electron chi connectivity index (χ4n) is 2.05. The van der Waals surface area contributed by atoms with Crippen molar-refractivity contribution in [2.45, 2.75) is 0 Å². The van der Waals surface area contributed by atoms with Gasteiger partial charge in [-0.1, -0.05) is 0 Å². The summed E-state index contributed by atoms with van der Waals surface area (Å²) in [6.07, 6.45) is 0.651. The highest BCUT2D eigenvalue weighted by atomic mass is 16.5. The average molecular weight is 294 g/mol. The van der Waals surface area contributed by atoms with E-state index in [0.717, 1.165) is 44.3 Å². The largest absolute Gasteiger partial charge is 0.491 e. The van der Waals surface area contributed by atoms with E-state index in [1.165, 1.54) is 0 Å². The van der Waals surface area contributed by atoms with Gasteiger partial charge in [-0.2, -0.15) is 0 Å². The molecule has 6 heteroatoms. The van der Waals surface area contributed by atoms with Gasteiger partial charge < -0.3 is 19.5 Å². The number of hydrogen-bond acceptors (Lipinski definition) is 5. The number of ether oxygens (including phenoxy) is 3. The molecule has 0 saturated carbocycles. The second-order valence-corrected chi connectivity index (χ2v) is 4.70. The van der Waals surface area contributed by atoms with E-state index in [4.69, 9.17) is 14.2 Å². The van der Waals surface area contributed by atoms with Gasteiger partial charge in [0.1, 0.15) is 12.4 Å². The van der Waals surface area contributed by atoms with Crippen molar-refractivity contribution in [2.24, 2.45) is 0 Å². The van der Waals surface area contributed by atoms with Crippen LogP contribution in [0.15, 0.2) is 24.3 Å². The molecule has 0 radical (unpaired) electrons. The zero-order chi connectivity index (χ0) is 14.8. The predicted molar refractivity (Wildman–Crippen MR) is 79.7 cm³/mol. The van der Waals surface area contributed by atoms with Gasteiger partial charge in [-0.3, -0.25) is 9.69 Å². The molecule has 0 spiro atoms. The van der Waals surface area contributed by atoms with Crippen molar-refractivity contribution in [1.29, 1.82) is 0 Å². The van der Waals surface area contributed by atoms with E-state index in [1.54, 1.807) is 12.1 Å². The lowest BCUT2D eigenvalue weighted by molar-refractivity contribution is -0.105. The van der Waals surface area contributed by atoms with Gasteiger partial charge in [0.25, 0.3) is 0 Å². The first-order chi connectivity index (χ1) is 10.4. The van der Waals surface area contributed by atoms with Gasteiger partial charge in [0.2, 0.25) is 6.41 Å². The number of amides is 1. The third kappa shape index (κ3) is 6.12. The standard InChI is InChI=1S/C15H22N2O4/c18-13-16-14-1-3-15(4-2-14)21-12-11-20-10-7-17-5-8-19-9-6-17/h1-4,13H,5-12H2,(H,16,18). The first-order valence-electron chi connectivity index (χ1n) is 7.19. The molecule has 116 valence electrons. The lowest BCUT2D eigenvalue weighted by Gasteiger charge is -2.26. The number of carbonyl (C=O) groups excluding carboxylic acids is 1. The molecule has 21 heavy (non-hydrogen) atoms. The zero-order valence-corrected chi connectivity index (χ0v) is 12.1. The molecular formula is C15H22N2O4. The number of morpholine rings is 1. The molecule has 1 fully saturated rings. The molecule has 0 atom stereocenters. The normalized spacial score (nSPS) is 15.6. The van der Waals surface area contributed by atoms with Crippen molar-refractivity contribution in [3.63, 3.8) is 0 Å². The van der Waals surface area contributed by atoms with Crippen LogP contribution in [0, 0.1) is 0 Å². The quantitative estimate of drug-likeness (QED) is 0.543. The second kappa shape index (κ2) is 9.33. The molecular weight excluding hydrogens is 272 g/mol. The molecule has 1 aliphatic rings. The fourth-order valence-corrected chi connectivity index (χ4v) is 2.05. The predicted octanol–water partition coefficient (Wildman–Crippen LogP) is 0.982. The van der Waals surface area contributed by atoms with Crippen molar-refractivity contribution in [3.05, 3.63) is 24.3 Å². The number of anilines is 1. The molecule has 0 bridgehead atoms. The third-order valence-electron chi connectivity index (χ3n) is 3.23. The monoisotopic (exact) mass is 294 g/mol. The maximum atomic E-state index is 10.3. The molecule has 1 saturated heterocycles. The Kier molecular flexibility index (Phi) is 7.00. The molecule has 1 aromatic rings. The highest BCUT2D eigenvalue weighted by Gasteiger charge is 2.09. The van der Waals surface area contributed by atoms with Crippen LogP contribution in [-0.2, 0) is 14.3 Å². The molecule has 1 heterocycles. The summed E-state index contributed by atoms with van der Waals surface area (Å²) in [7, 11) is 0. The number of hydrogen-bond donors (Lipinski definition) is 1. The first kappa shape index (κ1) is 15.8. The van der Waals surface area contributed by atoms with Crippen molar-refractivity contribution >= 4 is 12.1 Å². The summed E-state index contributed by atoms with van der Waals surface area (Å²) in [5.74, 6) is 0.767. The van der Waals surface area contributed by atoms with Gasteiger partial charge in [0, 0.05) is 25.3 Å². The SMILES string of the molecule is O=CNc1ccc(OCCOCCN2CCOCC2)cc1. The van der Waals surface area contributed by atoms with Crippen molar-refractivity contribution in [3.8, 4) is 5.75 Å². The molecule has 0 unspecified atom stereocenters. The Hall–Kier alpha value is -1.63. The Balaban J connectivity index is 1.51. The molecule has 1 N–H and O–H groups in total. The van der Waals surface area contributed by atoms with Crippen LogP contribution in [0.5, 0.6) is 5.75 Å². The fraction of sp³-hybridized carbons (Fsp3) is 0.533. The molecule has 0 aromatic heterocycles. The third-order valence-corrected chi connectivity index (χ3v) is 3.23. The Bertz CT molecular complexity index is 405. The maximum Gasteiger partial charge on any atom is 0.211 e. The number of carbonyl (C=O) groups is 1. The number of nitrogens with one attached hydrogen (secondary N) is 1. The van der Waals surface area contributed by atoms with Crippen molar-refractivity contribution in [1.82, 2.24) is 4.90 Å². The molecule has 6 nitrogen and oxygen atoms in total. The highest BCUT2D eigenvalue weighted by Crippen LogP contribution is 2.14. The van der Waals surface area contributed by atoms with Gasteiger partial charge in [-0.15, -0.1) is 0 Å². The lowest BCUT2D eigenvalue weighted by atomic mass is 10.3. The van der Waals surface area contributed by atoms with Crippen LogP contribution in [0.25, 0.3) is 0 Å². The summed E-state index contributed by atoms with van der Waals surface area (Å²) < 4.78 is 16.4. The number of benzene rings is 1. The van der Waals surface area contributed by atoms with E-state index in [2.05, 4.69) is 10.2 Å². The zero-order valence-electron chi connectivity index (χ0n) is 12.1. The summed E-state index contributed by atoms with van der Waals surface area (Å²) in [6, 6.07) is 7.23. The van der Waals surface area contributed by atoms with E-state index in [1.807, 2.05) is 12.1 Å². The first-order valence-corrected chi connectivity index (χ1v) is 7.19. The molecule has 1 aliphatic heterocycles. The van der Waals surface area contributed by atoms with Gasteiger partial charge in [0.05, 0.1) is 26.4 Å². The summed E-state index contributed by atoms with van der Waals surface area (Å²) in [4.78, 5) is 12.6. The van der Waals surface area contributed by atoms with Crippen molar-refractivity contribution < 1.29 is 19.0 Å². The van der Waals surface area contributed by atoms with Crippen LogP contribution in [0.2, 0.25) is 0 Å². The van der Waals surface area contributed by atoms with E-state index in [-0.39, 0.29) is 0 Å². The van der Waals surface area contributed by atoms with Gasteiger partial charge in [0.15, 0.2) is 0 Å². The van der Waals surface area contributed by atoms with E-state index < -0.39 is 0 Å².